The molecular formula is C23H31N7O2S. The topological polar surface area (TPSA) is 78.0 Å². The van der Waals surface area contributed by atoms with Gasteiger partial charge >= 0.3 is 0 Å². The monoisotopic (exact) mass is 469 g/mol. The van der Waals surface area contributed by atoms with Crippen LogP contribution in [0.3, 0.4) is 0 Å². The molecule has 9 nitrogen and oxygen atoms in total. The summed E-state index contributed by atoms with van der Waals surface area (Å²) in [4.78, 5) is 16.5. The van der Waals surface area contributed by atoms with E-state index in [-0.39, 0.29) is 0 Å². The largest absolute Gasteiger partial charge is 0.379 e. The number of anilines is 3. The van der Waals surface area contributed by atoms with Crippen molar-refractivity contribution < 1.29 is 9.47 Å². The van der Waals surface area contributed by atoms with Crippen molar-refractivity contribution in [2.24, 2.45) is 0 Å². The number of nitrogens with zero attached hydrogens (tertiary/aromatic N) is 5. The fourth-order valence-corrected chi connectivity index (χ4v) is 4.58. The van der Waals surface area contributed by atoms with Crippen LogP contribution < -0.4 is 20.4 Å². The van der Waals surface area contributed by atoms with Gasteiger partial charge < -0.3 is 29.9 Å². The summed E-state index contributed by atoms with van der Waals surface area (Å²) in [6.07, 6.45) is 0. The van der Waals surface area contributed by atoms with Crippen LogP contribution in [0.1, 0.15) is 11.1 Å². The molecule has 0 amide bonds. The molecule has 0 saturated carbocycles. The summed E-state index contributed by atoms with van der Waals surface area (Å²) in [6.45, 7) is 9.97. The van der Waals surface area contributed by atoms with Gasteiger partial charge in [0.1, 0.15) is 11.6 Å². The van der Waals surface area contributed by atoms with Gasteiger partial charge in [0.25, 0.3) is 0 Å². The lowest BCUT2D eigenvalue weighted by molar-refractivity contribution is 0.0389. The number of benzene rings is 1. The zero-order chi connectivity index (χ0) is 22.5. The van der Waals surface area contributed by atoms with Crippen LogP contribution in [0.4, 0.5) is 17.6 Å². The average molecular weight is 470 g/mol. The van der Waals surface area contributed by atoms with Gasteiger partial charge in [0.05, 0.1) is 26.4 Å². The number of hydrogen-bond acceptors (Lipinski definition) is 8. The molecule has 0 radical (unpaired) electrons. The third kappa shape index (κ3) is 5.70. The molecule has 0 aliphatic carbocycles. The number of aromatic nitrogens is 2. The molecular weight excluding hydrogens is 438 g/mol. The summed E-state index contributed by atoms with van der Waals surface area (Å²) in [6, 6.07) is 10.6. The summed E-state index contributed by atoms with van der Waals surface area (Å²) in [5.74, 6) is 2.33. The Morgan fingerprint density at radius 1 is 0.879 bits per heavy atom. The van der Waals surface area contributed by atoms with Crippen molar-refractivity contribution in [1.29, 1.82) is 0 Å². The van der Waals surface area contributed by atoms with Gasteiger partial charge in [-0.2, -0.15) is 9.97 Å². The van der Waals surface area contributed by atoms with E-state index >= 15 is 0 Å². The van der Waals surface area contributed by atoms with Crippen molar-refractivity contribution in [3.05, 3.63) is 41.5 Å². The molecule has 10 heteroatoms. The number of ether oxygens (including phenoxy) is 2. The molecule has 3 aliphatic rings. The van der Waals surface area contributed by atoms with Crippen LogP contribution >= 0.6 is 12.2 Å². The third-order valence-electron chi connectivity index (χ3n) is 6.24. The predicted octanol–water partition coefficient (Wildman–Crippen LogP) is 1.45. The first-order chi connectivity index (χ1) is 16.2. The lowest BCUT2D eigenvalue weighted by Gasteiger charge is -2.29. The quantitative estimate of drug-likeness (QED) is 0.607. The number of nitrogens with one attached hydrogen (secondary N) is 2. The van der Waals surface area contributed by atoms with E-state index < -0.39 is 0 Å². The summed E-state index contributed by atoms with van der Waals surface area (Å²) in [7, 11) is 0. The molecule has 0 atom stereocenters. The number of rotatable bonds is 6. The Hall–Kier alpha value is -2.53. The molecule has 0 bridgehead atoms. The molecule has 176 valence electrons. The Morgan fingerprint density at radius 2 is 1.48 bits per heavy atom. The zero-order valence-corrected chi connectivity index (χ0v) is 19.6. The highest BCUT2D eigenvalue weighted by Gasteiger charge is 2.23. The molecule has 4 heterocycles. The Balaban J connectivity index is 1.27. The Morgan fingerprint density at radius 3 is 2.15 bits per heavy atom. The van der Waals surface area contributed by atoms with Crippen molar-refractivity contribution in [2.75, 3.05) is 80.8 Å². The van der Waals surface area contributed by atoms with Crippen LogP contribution in [0.2, 0.25) is 0 Å². The Labute approximate surface area is 200 Å². The number of fused-ring (bicyclic) bond motifs is 1. The molecule has 2 N–H and O–H groups in total. The van der Waals surface area contributed by atoms with E-state index in [1.807, 2.05) is 0 Å². The molecule has 2 aromatic rings. The van der Waals surface area contributed by atoms with Crippen LogP contribution in [-0.4, -0.2) is 85.7 Å². The predicted molar refractivity (Wildman–Crippen MR) is 133 cm³/mol. The van der Waals surface area contributed by atoms with Gasteiger partial charge in [-0.05, 0) is 23.3 Å². The van der Waals surface area contributed by atoms with Crippen molar-refractivity contribution in [2.45, 2.75) is 13.1 Å². The van der Waals surface area contributed by atoms with Crippen molar-refractivity contribution >= 4 is 34.9 Å². The molecule has 0 unspecified atom stereocenters. The van der Waals surface area contributed by atoms with Gasteiger partial charge in [-0.1, -0.05) is 24.3 Å². The van der Waals surface area contributed by atoms with Crippen LogP contribution in [0, 0.1) is 0 Å². The lowest BCUT2D eigenvalue weighted by Crippen LogP contribution is -2.42. The summed E-state index contributed by atoms with van der Waals surface area (Å²) >= 11 is 5.54. The van der Waals surface area contributed by atoms with E-state index in [1.54, 1.807) is 0 Å². The lowest BCUT2D eigenvalue weighted by atomic mass is 10.1. The van der Waals surface area contributed by atoms with Gasteiger partial charge in [0.15, 0.2) is 5.11 Å². The first-order valence-corrected chi connectivity index (χ1v) is 12.0. The molecule has 3 aliphatic heterocycles. The highest BCUT2D eigenvalue weighted by molar-refractivity contribution is 7.80. The number of morpholine rings is 2. The van der Waals surface area contributed by atoms with E-state index in [9.17, 15) is 0 Å². The van der Waals surface area contributed by atoms with Crippen LogP contribution in [0.15, 0.2) is 30.3 Å². The summed E-state index contributed by atoms with van der Waals surface area (Å²) in [5, 5.41) is 7.05. The van der Waals surface area contributed by atoms with Gasteiger partial charge in [0.2, 0.25) is 5.95 Å². The van der Waals surface area contributed by atoms with Crippen molar-refractivity contribution in [1.82, 2.24) is 20.2 Å². The fourth-order valence-electron chi connectivity index (χ4n) is 4.39. The van der Waals surface area contributed by atoms with E-state index in [1.165, 1.54) is 11.1 Å². The second kappa shape index (κ2) is 10.6. The maximum Gasteiger partial charge on any atom is 0.232 e. The van der Waals surface area contributed by atoms with Crippen LogP contribution in [0.25, 0.3) is 0 Å². The second-order valence-corrected chi connectivity index (χ2v) is 8.88. The Bertz CT molecular complexity index is 939. The molecule has 1 aromatic heterocycles. The standard InChI is InChI=1S/C23H31N7O2S/c33-23(24-5-6-28-7-11-31-12-8-28)27-22-25-20(29-9-13-32-14-10-29)15-21(26-22)30-16-18-3-1-2-4-19(18)17-30/h1-4,15H,5-14,16-17H2,(H2,24,25,26,27,33). The highest BCUT2D eigenvalue weighted by atomic mass is 32.1. The third-order valence-corrected chi connectivity index (χ3v) is 6.49. The Kier molecular flexibility index (Phi) is 7.15. The van der Waals surface area contributed by atoms with Crippen LogP contribution in [-0.2, 0) is 22.6 Å². The second-order valence-electron chi connectivity index (χ2n) is 8.47. The van der Waals surface area contributed by atoms with Gasteiger partial charge in [-0.15, -0.1) is 0 Å². The van der Waals surface area contributed by atoms with Crippen LogP contribution in [0.5, 0.6) is 0 Å². The minimum absolute atomic E-state index is 0.522. The van der Waals surface area contributed by atoms with Crippen molar-refractivity contribution in [3.8, 4) is 0 Å². The van der Waals surface area contributed by atoms with E-state index in [0.29, 0.717) is 24.3 Å². The van der Waals surface area contributed by atoms with Gasteiger partial charge in [-0.3, -0.25) is 4.90 Å². The van der Waals surface area contributed by atoms with Crippen molar-refractivity contribution in [3.63, 3.8) is 0 Å². The molecule has 2 saturated heterocycles. The number of hydrogen-bond donors (Lipinski definition) is 2. The van der Waals surface area contributed by atoms with Gasteiger partial charge in [0, 0.05) is 58.4 Å². The van der Waals surface area contributed by atoms with E-state index in [4.69, 9.17) is 31.7 Å². The first kappa shape index (κ1) is 22.3. The zero-order valence-electron chi connectivity index (χ0n) is 18.8. The fraction of sp³-hybridized carbons (Fsp3) is 0.522. The number of thiocarbonyl (C=S) groups is 1. The molecule has 2 fully saturated rings. The molecule has 5 rings (SSSR count). The normalized spacial score (nSPS) is 18.8. The van der Waals surface area contributed by atoms with E-state index in [0.717, 1.165) is 77.2 Å². The van der Waals surface area contributed by atoms with Gasteiger partial charge in [-0.25, -0.2) is 0 Å². The SMILES string of the molecule is S=C(NCCN1CCOCC1)Nc1nc(N2CCOCC2)cc(N2Cc3ccccc3C2)n1. The highest BCUT2D eigenvalue weighted by Crippen LogP contribution is 2.29. The average Bonchev–Trinajstić information content (AvgIpc) is 3.30. The minimum atomic E-state index is 0.522. The molecule has 0 spiro atoms. The molecule has 1 aromatic carbocycles. The summed E-state index contributed by atoms with van der Waals surface area (Å²) in [5.41, 5.74) is 2.69. The summed E-state index contributed by atoms with van der Waals surface area (Å²) < 4.78 is 10.9. The smallest absolute Gasteiger partial charge is 0.232 e. The molecule has 33 heavy (non-hydrogen) atoms. The maximum atomic E-state index is 5.54. The van der Waals surface area contributed by atoms with E-state index in [2.05, 4.69) is 55.7 Å². The maximum absolute atomic E-state index is 5.54. The minimum Gasteiger partial charge on any atom is -0.379 e. The first-order valence-electron chi connectivity index (χ1n) is 11.6.